The molecule has 38 heavy (non-hydrogen) atoms. The van der Waals surface area contributed by atoms with E-state index in [9.17, 15) is 24.7 Å². The van der Waals surface area contributed by atoms with Gasteiger partial charge in [-0.25, -0.2) is 0 Å². The number of amides is 1. The summed E-state index contributed by atoms with van der Waals surface area (Å²) >= 11 is -0.569. The predicted molar refractivity (Wildman–Crippen MR) is 139 cm³/mol. The first-order chi connectivity index (χ1) is 18.0. The van der Waals surface area contributed by atoms with E-state index >= 15 is 0 Å². The molecule has 4 rings (SSSR count). The van der Waals surface area contributed by atoms with Crippen LogP contribution in [0.2, 0.25) is 0 Å². The fourth-order valence-electron chi connectivity index (χ4n) is 4.05. The van der Waals surface area contributed by atoms with Crippen molar-refractivity contribution in [1.82, 2.24) is 19.9 Å². The number of likely N-dealkylation sites (tertiary alicyclic amines) is 1. The van der Waals surface area contributed by atoms with Crippen LogP contribution in [-0.2, 0) is 10.4 Å². The van der Waals surface area contributed by atoms with Crippen molar-refractivity contribution in [3.63, 3.8) is 0 Å². The van der Waals surface area contributed by atoms with E-state index in [-0.39, 0.29) is 30.8 Å². The summed E-state index contributed by atoms with van der Waals surface area (Å²) in [6.07, 6.45) is -1.80. The molecule has 1 radical (unpaired) electrons. The number of carbonyl (C=O) groups is 1. The molecule has 2 N–H and O–H groups in total. The van der Waals surface area contributed by atoms with Crippen LogP contribution < -0.4 is 13.7 Å². The molecule has 0 spiro atoms. The summed E-state index contributed by atoms with van der Waals surface area (Å²) in [7, 11) is 0. The van der Waals surface area contributed by atoms with Gasteiger partial charge < -0.3 is 5.11 Å². The number of benzene rings is 2. The van der Waals surface area contributed by atoms with Crippen molar-refractivity contribution >= 4 is 30.6 Å². The molecule has 3 aromatic rings. The van der Waals surface area contributed by atoms with Crippen LogP contribution in [-0.4, -0.2) is 83.2 Å². The monoisotopic (exact) mass is 580 g/mol. The Hall–Kier alpha value is -3.38. The van der Waals surface area contributed by atoms with Gasteiger partial charge in [-0.15, -0.1) is 0 Å². The molecule has 1 saturated heterocycles. The number of alkyl halides is 1. The molecule has 2 heterocycles. The third-order valence-electron chi connectivity index (χ3n) is 6.13. The molecule has 1 aromatic heterocycles. The number of ether oxygens (including phenoxy) is 1. The van der Waals surface area contributed by atoms with Crippen LogP contribution >= 0.6 is 0 Å². The third-order valence-corrected chi connectivity index (χ3v) is 8.13. The van der Waals surface area contributed by atoms with E-state index in [2.05, 4.69) is 21.0 Å². The minimum absolute atomic E-state index is 0.177. The minimum atomic E-state index is -1.46. The molecule has 11 heteroatoms. The van der Waals surface area contributed by atoms with Crippen LogP contribution in [0.15, 0.2) is 48.8 Å². The Balaban J connectivity index is 1.49. The summed E-state index contributed by atoms with van der Waals surface area (Å²) in [5.41, 5.74) is 0.668. The Morgan fingerprint density at radius 1 is 1.29 bits per heavy atom. The first-order valence-corrected chi connectivity index (χ1v) is 14.0. The van der Waals surface area contributed by atoms with Crippen LogP contribution in [0.4, 0.5) is 4.39 Å². The Morgan fingerprint density at radius 3 is 2.76 bits per heavy atom. The molecule has 1 fully saturated rings. The summed E-state index contributed by atoms with van der Waals surface area (Å²) in [5.74, 6) is 0.125. The van der Waals surface area contributed by atoms with Crippen molar-refractivity contribution in [2.24, 2.45) is 0 Å². The number of nitriles is 1. The number of carbonyl (C=O) groups excluding carboxylic acids is 1. The Morgan fingerprint density at radius 2 is 2.08 bits per heavy atom. The fourth-order valence-corrected chi connectivity index (χ4v) is 5.84. The molecule has 0 bridgehead atoms. The fraction of sp³-hybridized carbons (Fsp3) is 0.370. The van der Waals surface area contributed by atoms with Gasteiger partial charge in [0, 0.05) is 0 Å². The van der Waals surface area contributed by atoms with Crippen LogP contribution in [0, 0.1) is 11.3 Å². The molecule has 0 saturated carbocycles. The number of rotatable bonds is 7. The Labute approximate surface area is 227 Å². The SMILES string of the molecule is CC(O)C(=O)N1CC[C@H](Oc2ccc(-c3ncnc([As]c4cccc(C(C)(C)O)c4)n3)cc2C#N)[C@H](F)C1. The second-order valence-electron chi connectivity index (χ2n) is 9.57. The molecule has 1 aliphatic heterocycles. The van der Waals surface area contributed by atoms with E-state index in [1.807, 2.05) is 24.3 Å². The van der Waals surface area contributed by atoms with Gasteiger partial charge in [-0.05, 0) is 6.92 Å². The van der Waals surface area contributed by atoms with Crippen LogP contribution in [0.25, 0.3) is 11.4 Å². The van der Waals surface area contributed by atoms with Gasteiger partial charge in [0.25, 0.3) is 5.91 Å². The van der Waals surface area contributed by atoms with Gasteiger partial charge in [0.15, 0.2) is 0 Å². The van der Waals surface area contributed by atoms with Gasteiger partial charge in [-0.2, -0.15) is 0 Å². The average molecular weight is 580 g/mol. The van der Waals surface area contributed by atoms with E-state index in [1.54, 1.807) is 32.0 Å². The molecule has 197 valence electrons. The number of aliphatic hydroxyl groups excluding tert-OH is 1. The van der Waals surface area contributed by atoms with Crippen LogP contribution in [0.1, 0.15) is 38.3 Å². The van der Waals surface area contributed by atoms with Crippen LogP contribution in [0.5, 0.6) is 5.75 Å². The van der Waals surface area contributed by atoms with Gasteiger partial charge in [0.2, 0.25) is 0 Å². The molecule has 9 nitrogen and oxygen atoms in total. The van der Waals surface area contributed by atoms with Crippen molar-refractivity contribution in [3.05, 3.63) is 59.9 Å². The number of hydrogen-bond donors (Lipinski definition) is 2. The maximum absolute atomic E-state index is 14.8. The van der Waals surface area contributed by atoms with Gasteiger partial charge in [-0.3, -0.25) is 4.79 Å². The third kappa shape index (κ3) is 6.54. The number of piperidine rings is 1. The quantitative estimate of drug-likeness (QED) is 0.396. The van der Waals surface area contributed by atoms with Gasteiger partial charge in [-0.1, -0.05) is 0 Å². The topological polar surface area (TPSA) is 132 Å². The number of halogens is 1. The molecular formula is C27H28AsFN5O4. The van der Waals surface area contributed by atoms with Crippen LogP contribution in [0.3, 0.4) is 0 Å². The summed E-state index contributed by atoms with van der Waals surface area (Å²) < 4.78 is 22.3. The summed E-state index contributed by atoms with van der Waals surface area (Å²) in [5, 5.41) is 29.5. The second kappa shape index (κ2) is 11.6. The maximum atomic E-state index is 14.8. The number of aliphatic hydroxyl groups is 2. The van der Waals surface area contributed by atoms with Crippen molar-refractivity contribution in [2.45, 2.75) is 51.2 Å². The molecular weight excluding hydrogens is 552 g/mol. The summed E-state index contributed by atoms with van der Waals surface area (Å²) in [6, 6.07) is 14.7. The second-order valence-corrected chi connectivity index (χ2v) is 12.0. The van der Waals surface area contributed by atoms with Gasteiger partial charge in [0.1, 0.15) is 6.10 Å². The standard InChI is InChI=1S/C27H28AsFN5O4/c1-16(35)25(36)34-10-9-23(21(29)14-34)38-22-8-7-17(11-18(22)13-30)24-31-15-32-26(33-24)28-20-6-4-5-19(12-20)27(2,3)37/h4-8,11-12,15-16,21,23,35,37H,9-10,14H2,1-3H3/t16?,21-,23+/m1/s1. The van der Waals surface area contributed by atoms with Crippen molar-refractivity contribution in [1.29, 1.82) is 5.26 Å². The molecule has 1 amide bonds. The first kappa shape index (κ1) is 27.6. The Bertz CT molecular complexity index is 1360. The van der Waals surface area contributed by atoms with Gasteiger partial charge >= 0.3 is 198 Å². The van der Waals surface area contributed by atoms with E-state index < -0.39 is 45.6 Å². The molecule has 0 aliphatic carbocycles. The normalized spacial score (nSPS) is 18.8. The zero-order valence-electron chi connectivity index (χ0n) is 21.2. The van der Waals surface area contributed by atoms with E-state index in [0.29, 0.717) is 16.0 Å². The number of hydrogen-bond acceptors (Lipinski definition) is 8. The molecule has 1 aliphatic rings. The average Bonchev–Trinajstić information content (AvgIpc) is 2.89. The first-order valence-electron chi connectivity index (χ1n) is 12.1. The summed E-state index contributed by atoms with van der Waals surface area (Å²) in [6.45, 7) is 4.90. The van der Waals surface area contributed by atoms with E-state index in [0.717, 1.165) is 9.91 Å². The van der Waals surface area contributed by atoms with Crippen molar-refractivity contribution < 1.29 is 24.1 Å². The molecule has 2 aromatic carbocycles. The van der Waals surface area contributed by atoms with Gasteiger partial charge in [0.05, 0.1) is 0 Å². The summed E-state index contributed by atoms with van der Waals surface area (Å²) in [4.78, 5) is 26.4. The zero-order chi connectivity index (χ0) is 27.4. The number of aromatic nitrogens is 3. The number of nitrogens with zero attached hydrogens (tertiary/aromatic N) is 5. The Kier molecular flexibility index (Phi) is 8.41. The van der Waals surface area contributed by atoms with Crippen molar-refractivity contribution in [3.8, 4) is 23.2 Å². The van der Waals surface area contributed by atoms with Crippen molar-refractivity contribution in [2.75, 3.05) is 13.1 Å². The van der Waals surface area contributed by atoms with E-state index in [1.165, 1.54) is 18.2 Å². The van der Waals surface area contributed by atoms with E-state index in [4.69, 9.17) is 4.74 Å². The zero-order valence-corrected chi connectivity index (χ0v) is 23.1. The predicted octanol–water partition coefficient (Wildman–Crippen LogP) is 0.991. The molecule has 3 atom stereocenters. The molecule has 1 unspecified atom stereocenters.